The zero-order valence-corrected chi connectivity index (χ0v) is 35.4. The Labute approximate surface area is 424 Å². The first-order valence-electron chi connectivity index (χ1n) is 19.3. The molecule has 0 saturated heterocycles. The van der Waals surface area contributed by atoms with Crippen molar-refractivity contribution in [2.45, 2.75) is 9.79 Å². The molecule has 0 fully saturated rings. The monoisotopic (exact) mass is 964 g/mol. The van der Waals surface area contributed by atoms with E-state index in [0.717, 1.165) is 0 Å². The summed E-state index contributed by atoms with van der Waals surface area (Å²) in [5.74, 6) is -0.330. The molecule has 0 unspecified atom stereocenters. The summed E-state index contributed by atoms with van der Waals surface area (Å²) in [6.45, 7) is -1.11. The molecule has 0 spiro atoms. The van der Waals surface area contributed by atoms with E-state index in [-0.39, 0.29) is 170 Å². The molecule has 6 rings (SSSR count). The van der Waals surface area contributed by atoms with Crippen LogP contribution in [0.1, 0.15) is 11.1 Å². The van der Waals surface area contributed by atoms with Gasteiger partial charge < -0.3 is 51.5 Å². The summed E-state index contributed by atoms with van der Waals surface area (Å²) in [4.78, 5) is 28.0. The van der Waals surface area contributed by atoms with Gasteiger partial charge in [0.25, 0.3) is 20.2 Å². The molecule has 0 bridgehead atoms. The molecule has 26 heteroatoms. The molecule has 0 radical (unpaired) electrons. The van der Waals surface area contributed by atoms with Crippen LogP contribution in [0.15, 0.2) is 107 Å². The summed E-state index contributed by atoms with van der Waals surface area (Å²) in [6.07, 6.45) is 2.41. The molecule has 0 saturated carbocycles. The van der Waals surface area contributed by atoms with Crippen LogP contribution in [-0.2, 0) is 20.2 Å². The van der Waals surface area contributed by atoms with Crippen molar-refractivity contribution < 1.29 is 46.4 Å². The predicted molar refractivity (Wildman–Crippen MR) is 254 cm³/mol. The molecule has 66 heavy (non-hydrogen) atoms. The van der Waals surface area contributed by atoms with Crippen LogP contribution >= 0.6 is 0 Å². The summed E-state index contributed by atoms with van der Waals surface area (Å²) in [5, 5.41) is 50.4. The van der Waals surface area contributed by atoms with Gasteiger partial charge in [0.1, 0.15) is 9.79 Å². The van der Waals surface area contributed by atoms with Gasteiger partial charge in [-0.05, 0) is 47.5 Å². The van der Waals surface area contributed by atoms with Crippen molar-refractivity contribution in [3.05, 3.63) is 108 Å². The van der Waals surface area contributed by atoms with Gasteiger partial charge in [-0.1, -0.05) is 72.8 Å². The number of nitrogens with zero attached hydrogens (tertiary/aromatic N) is 8. The van der Waals surface area contributed by atoms with Gasteiger partial charge >= 0.3 is 59.1 Å². The van der Waals surface area contributed by atoms with Gasteiger partial charge in [0.15, 0.2) is 0 Å². The molecule has 0 aliphatic heterocycles. The van der Waals surface area contributed by atoms with Gasteiger partial charge in [0, 0.05) is 37.6 Å². The summed E-state index contributed by atoms with van der Waals surface area (Å²) >= 11 is 0. The number of nitrogens with one attached hydrogen (secondary N) is 4. The third-order valence-corrected chi connectivity index (χ3v) is 10.8. The number of aromatic nitrogens is 6. The van der Waals surface area contributed by atoms with E-state index in [1.54, 1.807) is 60.7 Å². The number of benzene rings is 4. The van der Waals surface area contributed by atoms with Crippen LogP contribution in [0.2, 0.25) is 0 Å². The fraction of sp³-hybridized carbons (Fsp3) is 0.200. The maximum atomic E-state index is 13.1. The van der Waals surface area contributed by atoms with Crippen molar-refractivity contribution in [1.29, 1.82) is 0 Å². The van der Waals surface area contributed by atoms with Crippen molar-refractivity contribution in [2.75, 3.05) is 83.7 Å². The Morgan fingerprint density at radius 1 is 0.439 bits per heavy atom. The van der Waals surface area contributed by atoms with E-state index < -0.39 is 30.0 Å². The molecule has 0 aliphatic rings. The van der Waals surface area contributed by atoms with Crippen molar-refractivity contribution >= 4 is 150 Å². The molecule has 0 amide bonds. The Balaban J connectivity index is 0.00000476. The fourth-order valence-corrected chi connectivity index (χ4v) is 7.87. The Kier molecular flexibility index (Phi) is 20.6. The standard InChI is InChI=1S/C40H44N12O10S2.2Na.2H/c53-23-19-51(20-24-54)39-47-35(41-29-11-3-1-4-12-29)45-37(49-39)43-31-15-7-9-27(33(31)63(57,58)59)17-18-28-10-8-16-32(34(28)64(60,61)62)44-38-46-36(42-30-13-5-2-6-14-30)48-40(50-38)52(21-25-55)22-26-56;;;;/h1-18,53-56H,19-26H2,(H,57,58,59)(H,60,61,62)(H2,41,43,45,47,49)(H2,42,44,46,48,50);;;;/b18-17+;;;;. The minimum atomic E-state index is -5.05. The molecular weight excluding hydrogens is 919 g/mol. The van der Waals surface area contributed by atoms with Gasteiger partial charge in [-0.25, -0.2) is 0 Å². The molecule has 6 aromatic rings. The van der Waals surface area contributed by atoms with Crippen LogP contribution in [0, 0.1) is 0 Å². The average Bonchev–Trinajstić information content (AvgIpc) is 3.25. The fourth-order valence-electron chi connectivity index (χ4n) is 6.21. The topological polar surface area (TPSA) is 322 Å². The number of rotatable bonds is 22. The van der Waals surface area contributed by atoms with E-state index in [1.165, 1.54) is 58.4 Å². The molecule has 2 heterocycles. The molecular formula is C40H46N12Na2O10S2. The molecule has 4 aromatic carbocycles. The zero-order chi connectivity index (χ0) is 45.7. The van der Waals surface area contributed by atoms with Gasteiger partial charge in [0.05, 0.1) is 37.8 Å². The number of aliphatic hydroxyl groups excluding tert-OH is 4. The normalized spacial score (nSPS) is 11.3. The summed E-state index contributed by atoms with van der Waals surface area (Å²) < 4.78 is 73.4. The molecule has 0 aliphatic carbocycles. The minimum absolute atomic E-state index is 0. The molecule has 0 atom stereocenters. The first-order chi connectivity index (χ1) is 30.8. The van der Waals surface area contributed by atoms with E-state index in [2.05, 4.69) is 51.2 Å². The van der Waals surface area contributed by atoms with E-state index in [0.29, 0.717) is 11.4 Å². The first-order valence-corrected chi connectivity index (χ1v) is 22.2. The Morgan fingerprint density at radius 3 is 1.06 bits per heavy atom. The number of para-hydroxylation sites is 2. The predicted octanol–water partition coefficient (Wildman–Crippen LogP) is 1.98. The Hall–Kier alpha value is -4.90. The van der Waals surface area contributed by atoms with E-state index in [9.17, 15) is 46.4 Å². The Bertz CT molecular complexity index is 2590. The summed E-state index contributed by atoms with van der Waals surface area (Å²) in [6, 6.07) is 25.9. The second kappa shape index (κ2) is 25.3. The molecule has 22 nitrogen and oxygen atoms in total. The van der Waals surface area contributed by atoms with Crippen LogP contribution < -0.4 is 31.1 Å². The summed E-state index contributed by atoms with van der Waals surface area (Å²) in [5.41, 5.74) is 0.546. The van der Waals surface area contributed by atoms with Crippen molar-refractivity contribution in [2.24, 2.45) is 0 Å². The van der Waals surface area contributed by atoms with Gasteiger partial charge in [-0.2, -0.15) is 46.7 Å². The van der Waals surface area contributed by atoms with Crippen molar-refractivity contribution in [3.63, 3.8) is 0 Å². The van der Waals surface area contributed by atoms with E-state index in [4.69, 9.17) is 0 Å². The number of hydrogen-bond acceptors (Lipinski definition) is 20. The van der Waals surface area contributed by atoms with Crippen LogP contribution in [0.25, 0.3) is 12.2 Å². The molecule has 10 N–H and O–H groups in total. The second-order valence-corrected chi connectivity index (χ2v) is 16.1. The average molecular weight is 965 g/mol. The van der Waals surface area contributed by atoms with Crippen LogP contribution in [0.5, 0.6) is 0 Å². The van der Waals surface area contributed by atoms with Gasteiger partial charge in [-0.3, -0.25) is 9.11 Å². The van der Waals surface area contributed by atoms with Crippen LogP contribution in [0.4, 0.5) is 58.4 Å². The SMILES string of the molecule is O=S(=O)(O)c1c(/C=C/c2cccc(Nc3nc(Nc4ccccc4)nc(N(CCO)CCO)n3)c2S(=O)(=O)O)cccc1Nc1nc(Nc2ccccc2)nc(N(CCO)CCO)n1.[NaH].[NaH]. The van der Waals surface area contributed by atoms with E-state index >= 15 is 0 Å². The first kappa shape index (κ1) is 53.7. The Morgan fingerprint density at radius 2 is 0.758 bits per heavy atom. The van der Waals surface area contributed by atoms with E-state index in [1.807, 2.05) is 0 Å². The summed E-state index contributed by atoms with van der Waals surface area (Å²) in [7, 11) is -10.1. The van der Waals surface area contributed by atoms with Gasteiger partial charge in [-0.15, -0.1) is 0 Å². The maximum absolute atomic E-state index is 13.1. The third-order valence-electron chi connectivity index (χ3n) is 8.89. The van der Waals surface area contributed by atoms with Gasteiger partial charge in [0.2, 0.25) is 35.7 Å². The van der Waals surface area contributed by atoms with Crippen molar-refractivity contribution in [3.8, 4) is 0 Å². The van der Waals surface area contributed by atoms with Crippen LogP contribution in [0.3, 0.4) is 0 Å². The second-order valence-electron chi connectivity index (χ2n) is 13.4. The molecule has 340 valence electrons. The number of aliphatic hydroxyl groups is 4. The zero-order valence-electron chi connectivity index (χ0n) is 33.8. The quantitative estimate of drug-likeness (QED) is 0.0264. The van der Waals surface area contributed by atoms with Crippen molar-refractivity contribution in [1.82, 2.24) is 29.9 Å². The third kappa shape index (κ3) is 14.8. The number of hydrogen-bond donors (Lipinski definition) is 10. The van der Waals surface area contributed by atoms with Crippen LogP contribution in [-0.4, -0.2) is 188 Å². The molecule has 2 aromatic heterocycles. The number of anilines is 10.